The Morgan fingerprint density at radius 1 is 1.48 bits per heavy atom. The zero-order valence-electron chi connectivity index (χ0n) is 11.3. The van der Waals surface area contributed by atoms with E-state index in [1.807, 2.05) is 0 Å². The number of nitrogens with two attached hydrogens (primary N) is 1. The highest BCUT2D eigenvalue weighted by atomic mass is 35.5. The summed E-state index contributed by atoms with van der Waals surface area (Å²) in [7, 11) is -3.74. The number of sulfonamides is 1. The minimum Gasteiger partial charge on any atom is -0.395 e. The number of aliphatic hydroxyl groups excluding tert-OH is 1. The lowest BCUT2D eigenvalue weighted by molar-refractivity contribution is 0.155. The molecule has 0 aromatic heterocycles. The van der Waals surface area contributed by atoms with Crippen LogP contribution in [-0.2, 0) is 10.0 Å². The molecule has 1 saturated heterocycles. The summed E-state index contributed by atoms with van der Waals surface area (Å²) in [6.45, 7) is 0.197. The average Bonchev–Trinajstić information content (AvgIpc) is 2.46. The van der Waals surface area contributed by atoms with E-state index >= 15 is 0 Å². The number of benzene rings is 1. The Bertz CT molecular complexity index is 649. The molecule has 0 amide bonds. The molecule has 1 aliphatic heterocycles. The van der Waals surface area contributed by atoms with Gasteiger partial charge in [-0.1, -0.05) is 36.3 Å². The largest absolute Gasteiger partial charge is 0.395 e. The normalized spacial score (nSPS) is 20.4. The van der Waals surface area contributed by atoms with Crippen molar-refractivity contribution in [3.05, 3.63) is 28.8 Å². The summed E-state index contributed by atoms with van der Waals surface area (Å²) in [6.07, 6.45) is 2.34. The van der Waals surface area contributed by atoms with Gasteiger partial charge in [0.1, 0.15) is 9.88 Å². The van der Waals surface area contributed by atoms with E-state index in [9.17, 15) is 13.5 Å². The molecular formula is C13H17ClN2O3S2. The topological polar surface area (TPSA) is 83.6 Å². The lowest BCUT2D eigenvalue weighted by atomic mass is 10.1. The lowest BCUT2D eigenvalue weighted by Gasteiger charge is -2.33. The number of rotatable bonds is 4. The van der Waals surface area contributed by atoms with Crippen molar-refractivity contribution in [2.24, 2.45) is 5.73 Å². The Morgan fingerprint density at radius 2 is 2.19 bits per heavy atom. The van der Waals surface area contributed by atoms with Crippen molar-refractivity contribution in [1.82, 2.24) is 4.31 Å². The molecule has 5 nitrogen and oxygen atoms in total. The van der Waals surface area contributed by atoms with Gasteiger partial charge in [0.2, 0.25) is 10.0 Å². The fourth-order valence-corrected chi connectivity index (χ4v) is 4.79. The molecule has 1 fully saturated rings. The molecule has 1 atom stereocenters. The van der Waals surface area contributed by atoms with Crippen LogP contribution in [0.25, 0.3) is 0 Å². The smallest absolute Gasteiger partial charge is 0.244 e. The van der Waals surface area contributed by atoms with Crippen LogP contribution >= 0.6 is 23.8 Å². The number of aliphatic hydroxyl groups is 1. The predicted molar refractivity (Wildman–Crippen MR) is 86.0 cm³/mol. The first-order chi connectivity index (χ1) is 9.87. The van der Waals surface area contributed by atoms with Crippen molar-refractivity contribution in [3.8, 4) is 0 Å². The minimum atomic E-state index is -3.74. The average molecular weight is 349 g/mol. The van der Waals surface area contributed by atoms with Crippen molar-refractivity contribution < 1.29 is 13.5 Å². The van der Waals surface area contributed by atoms with Crippen LogP contribution < -0.4 is 5.73 Å². The van der Waals surface area contributed by atoms with E-state index in [0.29, 0.717) is 18.5 Å². The van der Waals surface area contributed by atoms with Gasteiger partial charge >= 0.3 is 0 Å². The maximum absolute atomic E-state index is 12.7. The van der Waals surface area contributed by atoms with E-state index in [-0.39, 0.29) is 21.5 Å². The first-order valence-electron chi connectivity index (χ1n) is 6.60. The zero-order valence-corrected chi connectivity index (χ0v) is 13.7. The molecule has 0 saturated carbocycles. The molecule has 1 unspecified atom stereocenters. The van der Waals surface area contributed by atoms with Crippen LogP contribution in [0.1, 0.15) is 24.8 Å². The number of hydrogen-bond acceptors (Lipinski definition) is 4. The van der Waals surface area contributed by atoms with Crippen molar-refractivity contribution in [1.29, 1.82) is 0 Å². The third-order valence-corrected chi connectivity index (χ3v) is 6.26. The molecular weight excluding hydrogens is 332 g/mol. The van der Waals surface area contributed by atoms with Gasteiger partial charge in [-0.3, -0.25) is 0 Å². The third kappa shape index (κ3) is 3.37. The molecule has 0 aliphatic carbocycles. The van der Waals surface area contributed by atoms with Crippen LogP contribution in [0, 0.1) is 0 Å². The standard InChI is InChI=1S/C13H17ClN2O3S2/c14-11-7-9(13(15)20)4-5-12(11)21(18,19)16-6-2-1-3-10(16)8-17/h4-5,7,10,17H,1-3,6,8H2,(H2,15,20). The van der Waals surface area contributed by atoms with Crippen LogP contribution in [0.5, 0.6) is 0 Å². The molecule has 0 bridgehead atoms. The van der Waals surface area contributed by atoms with E-state index in [2.05, 4.69) is 0 Å². The van der Waals surface area contributed by atoms with Gasteiger partial charge in [0.05, 0.1) is 11.6 Å². The van der Waals surface area contributed by atoms with Crippen molar-refractivity contribution in [2.45, 2.75) is 30.2 Å². The fraction of sp³-hybridized carbons (Fsp3) is 0.462. The predicted octanol–water partition coefficient (Wildman–Crippen LogP) is 1.51. The summed E-state index contributed by atoms with van der Waals surface area (Å²) in [5.41, 5.74) is 6.03. The number of hydrogen-bond donors (Lipinski definition) is 2. The van der Waals surface area contributed by atoms with Crippen molar-refractivity contribution in [2.75, 3.05) is 13.2 Å². The molecule has 116 valence electrons. The van der Waals surface area contributed by atoms with Gasteiger partial charge in [-0.05, 0) is 25.0 Å². The van der Waals surface area contributed by atoms with Crippen LogP contribution in [-0.4, -0.2) is 42.0 Å². The first kappa shape index (κ1) is 16.6. The summed E-state index contributed by atoms with van der Waals surface area (Å²) in [5.74, 6) is 0. The monoisotopic (exact) mass is 348 g/mol. The van der Waals surface area contributed by atoms with Gasteiger partial charge in [-0.25, -0.2) is 8.42 Å². The molecule has 1 heterocycles. The Hall–Kier alpha value is -0.730. The van der Waals surface area contributed by atoms with Gasteiger partial charge in [0.15, 0.2) is 0 Å². The highest BCUT2D eigenvalue weighted by Gasteiger charge is 2.34. The number of thiocarbonyl (C=S) groups is 1. The molecule has 21 heavy (non-hydrogen) atoms. The Labute approximate surface area is 134 Å². The molecule has 8 heteroatoms. The maximum Gasteiger partial charge on any atom is 0.244 e. The highest BCUT2D eigenvalue weighted by molar-refractivity contribution is 7.89. The molecule has 1 aromatic carbocycles. The molecule has 0 radical (unpaired) electrons. The van der Waals surface area contributed by atoms with E-state index in [0.717, 1.165) is 12.8 Å². The van der Waals surface area contributed by atoms with E-state index < -0.39 is 16.1 Å². The Morgan fingerprint density at radius 3 is 2.76 bits per heavy atom. The second-order valence-electron chi connectivity index (χ2n) is 4.96. The minimum absolute atomic E-state index is 0.0181. The summed E-state index contributed by atoms with van der Waals surface area (Å²) in [4.78, 5) is 0.177. The van der Waals surface area contributed by atoms with Gasteiger partial charge in [-0.15, -0.1) is 0 Å². The van der Waals surface area contributed by atoms with Gasteiger partial charge < -0.3 is 10.8 Å². The number of nitrogens with zero attached hydrogens (tertiary/aromatic N) is 1. The van der Waals surface area contributed by atoms with Gasteiger partial charge in [-0.2, -0.15) is 4.31 Å². The third-order valence-electron chi connectivity index (χ3n) is 3.59. The Kier molecular flexibility index (Phi) is 5.21. The first-order valence-corrected chi connectivity index (χ1v) is 8.82. The molecule has 0 spiro atoms. The van der Waals surface area contributed by atoms with Crippen LogP contribution in [0.3, 0.4) is 0 Å². The lowest BCUT2D eigenvalue weighted by Crippen LogP contribution is -2.45. The van der Waals surface area contributed by atoms with Crippen molar-refractivity contribution in [3.63, 3.8) is 0 Å². The second-order valence-corrected chi connectivity index (χ2v) is 7.66. The highest BCUT2D eigenvalue weighted by Crippen LogP contribution is 2.30. The summed E-state index contributed by atoms with van der Waals surface area (Å²) in [5, 5.41) is 9.47. The van der Waals surface area contributed by atoms with E-state index in [1.165, 1.54) is 16.4 Å². The molecule has 3 N–H and O–H groups in total. The van der Waals surface area contributed by atoms with Crippen LogP contribution in [0.15, 0.2) is 23.1 Å². The number of halogens is 1. The fourth-order valence-electron chi connectivity index (χ4n) is 2.46. The van der Waals surface area contributed by atoms with Crippen molar-refractivity contribution >= 4 is 38.8 Å². The zero-order chi connectivity index (χ0) is 15.6. The number of piperidine rings is 1. The van der Waals surface area contributed by atoms with Gasteiger partial charge in [0.25, 0.3) is 0 Å². The molecule has 1 aliphatic rings. The van der Waals surface area contributed by atoms with E-state index in [4.69, 9.17) is 29.6 Å². The SMILES string of the molecule is NC(=S)c1ccc(S(=O)(=O)N2CCCCC2CO)c(Cl)c1. The van der Waals surface area contributed by atoms with Crippen LogP contribution in [0.2, 0.25) is 5.02 Å². The molecule has 2 rings (SSSR count). The van der Waals surface area contributed by atoms with E-state index in [1.54, 1.807) is 6.07 Å². The van der Waals surface area contributed by atoms with Gasteiger partial charge in [0, 0.05) is 18.2 Å². The quantitative estimate of drug-likeness (QED) is 0.806. The second kappa shape index (κ2) is 6.58. The maximum atomic E-state index is 12.7. The summed E-state index contributed by atoms with van der Waals surface area (Å²) in [6, 6.07) is 4.01. The molecule has 1 aromatic rings. The summed E-state index contributed by atoms with van der Waals surface area (Å²) < 4.78 is 26.8. The summed E-state index contributed by atoms with van der Waals surface area (Å²) >= 11 is 10.9. The van der Waals surface area contributed by atoms with Crippen LogP contribution in [0.4, 0.5) is 0 Å². The Balaban J connectivity index is 2.41.